The Balaban J connectivity index is 5.16. The highest BCUT2D eigenvalue weighted by molar-refractivity contribution is 5.79. The van der Waals surface area contributed by atoms with Crippen LogP contribution in [0.25, 0.3) is 0 Å². The zero-order valence-corrected chi connectivity index (χ0v) is 14.3. The SMILES string of the molecule is CCC(C)(C)C(=O)OCC(=O)OC(C)C(F)(F)C(O)(C(F)F)C(F)(F)F. The predicted molar refractivity (Wildman–Crippen MR) is 72.5 cm³/mol. The fourth-order valence-electron chi connectivity index (χ4n) is 1.54. The van der Waals surface area contributed by atoms with E-state index in [0.717, 1.165) is 0 Å². The van der Waals surface area contributed by atoms with Crippen LogP contribution in [0.15, 0.2) is 0 Å². The summed E-state index contributed by atoms with van der Waals surface area (Å²) in [5.41, 5.74) is -6.76. The molecule has 0 heterocycles. The summed E-state index contributed by atoms with van der Waals surface area (Å²) < 4.78 is 98.7. The van der Waals surface area contributed by atoms with Crippen LogP contribution in [0.1, 0.15) is 34.1 Å². The third-order valence-electron chi connectivity index (χ3n) is 3.83. The Morgan fingerprint density at radius 2 is 1.54 bits per heavy atom. The minimum atomic E-state index is -6.41. The van der Waals surface area contributed by atoms with E-state index in [1.165, 1.54) is 13.8 Å². The normalized spacial score (nSPS) is 16.8. The first kappa shape index (κ1) is 24.4. The highest BCUT2D eigenvalue weighted by Crippen LogP contribution is 2.48. The van der Waals surface area contributed by atoms with Crippen LogP contribution in [-0.2, 0) is 19.1 Å². The second-order valence-corrected chi connectivity index (χ2v) is 6.13. The highest BCUT2D eigenvalue weighted by atomic mass is 19.4. The molecule has 0 aliphatic rings. The molecule has 2 unspecified atom stereocenters. The van der Waals surface area contributed by atoms with E-state index in [4.69, 9.17) is 5.11 Å². The van der Waals surface area contributed by atoms with Crippen molar-refractivity contribution < 1.29 is 54.9 Å². The summed E-state index contributed by atoms with van der Waals surface area (Å²) in [6.07, 6.45) is -14.1. The molecule has 0 saturated carbocycles. The first-order valence-corrected chi connectivity index (χ1v) is 7.26. The van der Waals surface area contributed by atoms with Crippen molar-refractivity contribution in [2.45, 2.75) is 64.3 Å². The quantitative estimate of drug-likeness (QED) is 0.501. The maximum absolute atomic E-state index is 13.8. The van der Waals surface area contributed by atoms with Crippen molar-refractivity contribution in [2.75, 3.05) is 6.61 Å². The number of aliphatic hydroxyl groups is 1. The molecule has 0 rings (SSSR count). The van der Waals surface area contributed by atoms with Crippen molar-refractivity contribution in [1.29, 1.82) is 0 Å². The number of carbonyl (C=O) groups is 2. The number of carbonyl (C=O) groups excluding carboxylic acids is 2. The Kier molecular flexibility index (Phi) is 7.48. The van der Waals surface area contributed by atoms with E-state index in [0.29, 0.717) is 6.42 Å². The fraction of sp³-hybridized carbons (Fsp3) is 0.857. The van der Waals surface area contributed by atoms with Gasteiger partial charge in [0.15, 0.2) is 12.7 Å². The molecule has 0 bridgehead atoms. The second kappa shape index (κ2) is 7.97. The van der Waals surface area contributed by atoms with Crippen molar-refractivity contribution in [3.05, 3.63) is 0 Å². The van der Waals surface area contributed by atoms with Crippen LogP contribution in [0.5, 0.6) is 0 Å². The molecular weight excluding hydrogens is 381 g/mol. The molecule has 0 fully saturated rings. The molecule has 0 radical (unpaired) electrons. The summed E-state index contributed by atoms with van der Waals surface area (Å²) in [4.78, 5) is 23.0. The molecular formula is C14H19F7O5. The summed E-state index contributed by atoms with van der Waals surface area (Å²) >= 11 is 0. The Bertz CT molecular complexity index is 518. The van der Waals surface area contributed by atoms with Crippen molar-refractivity contribution >= 4 is 11.9 Å². The topological polar surface area (TPSA) is 72.8 Å². The number of hydrogen-bond donors (Lipinski definition) is 1. The Morgan fingerprint density at radius 3 is 1.88 bits per heavy atom. The molecule has 0 saturated heterocycles. The molecule has 0 aromatic heterocycles. The number of ether oxygens (including phenoxy) is 2. The molecule has 26 heavy (non-hydrogen) atoms. The van der Waals surface area contributed by atoms with Gasteiger partial charge >= 0.3 is 24.0 Å². The maximum Gasteiger partial charge on any atom is 0.429 e. The van der Waals surface area contributed by atoms with Crippen LogP contribution in [0.3, 0.4) is 0 Å². The number of hydrogen-bond acceptors (Lipinski definition) is 5. The van der Waals surface area contributed by atoms with Crippen LogP contribution < -0.4 is 0 Å². The average Bonchev–Trinajstić information content (AvgIpc) is 2.49. The lowest BCUT2D eigenvalue weighted by Gasteiger charge is -2.38. The second-order valence-electron chi connectivity index (χ2n) is 6.13. The van der Waals surface area contributed by atoms with Crippen LogP contribution in [0.4, 0.5) is 30.7 Å². The summed E-state index contributed by atoms with van der Waals surface area (Å²) in [6.45, 7) is 3.48. The van der Waals surface area contributed by atoms with Crippen molar-refractivity contribution in [2.24, 2.45) is 5.41 Å². The molecule has 0 spiro atoms. The van der Waals surface area contributed by atoms with E-state index in [1.54, 1.807) is 6.92 Å². The summed E-state index contributed by atoms with van der Waals surface area (Å²) in [5, 5.41) is 8.89. The molecule has 0 amide bonds. The third kappa shape index (κ3) is 4.77. The van der Waals surface area contributed by atoms with E-state index in [2.05, 4.69) is 9.47 Å². The minimum absolute atomic E-state index is 0.189. The molecule has 1 N–H and O–H groups in total. The van der Waals surface area contributed by atoms with Gasteiger partial charge in [-0.15, -0.1) is 0 Å². The number of esters is 2. The lowest BCUT2D eigenvalue weighted by molar-refractivity contribution is -0.379. The molecule has 0 aromatic carbocycles. The van der Waals surface area contributed by atoms with Gasteiger partial charge < -0.3 is 14.6 Å². The Morgan fingerprint density at radius 1 is 1.08 bits per heavy atom. The first-order valence-electron chi connectivity index (χ1n) is 7.26. The lowest BCUT2D eigenvalue weighted by Crippen LogP contribution is -2.67. The Hall–Kier alpha value is -1.59. The van der Waals surface area contributed by atoms with Crippen molar-refractivity contribution in [3.63, 3.8) is 0 Å². The van der Waals surface area contributed by atoms with Gasteiger partial charge in [-0.3, -0.25) is 4.79 Å². The monoisotopic (exact) mass is 400 g/mol. The van der Waals surface area contributed by atoms with Gasteiger partial charge in [-0.05, 0) is 27.2 Å². The van der Waals surface area contributed by atoms with E-state index in [1.807, 2.05) is 0 Å². The summed E-state index contributed by atoms with van der Waals surface area (Å²) in [6, 6.07) is 0. The van der Waals surface area contributed by atoms with Gasteiger partial charge in [-0.2, -0.15) is 22.0 Å². The van der Waals surface area contributed by atoms with E-state index >= 15 is 0 Å². The highest BCUT2D eigenvalue weighted by Gasteiger charge is 2.76. The zero-order chi connectivity index (χ0) is 21.1. The molecule has 5 nitrogen and oxygen atoms in total. The van der Waals surface area contributed by atoms with Gasteiger partial charge in [-0.25, -0.2) is 13.6 Å². The van der Waals surface area contributed by atoms with Crippen LogP contribution in [-0.4, -0.2) is 53.9 Å². The van der Waals surface area contributed by atoms with Crippen molar-refractivity contribution in [3.8, 4) is 0 Å². The Labute approximate surface area is 144 Å². The largest absolute Gasteiger partial charge is 0.454 e. The number of alkyl halides is 7. The zero-order valence-electron chi connectivity index (χ0n) is 14.3. The van der Waals surface area contributed by atoms with E-state index < -0.39 is 54.2 Å². The van der Waals surface area contributed by atoms with Gasteiger partial charge in [0, 0.05) is 0 Å². The lowest BCUT2D eigenvalue weighted by atomic mass is 9.91. The summed E-state index contributed by atoms with van der Waals surface area (Å²) in [5.74, 6) is -8.19. The molecule has 154 valence electrons. The van der Waals surface area contributed by atoms with Gasteiger partial charge in [0.2, 0.25) is 0 Å². The molecule has 0 aliphatic heterocycles. The molecule has 2 atom stereocenters. The number of halogens is 7. The van der Waals surface area contributed by atoms with Gasteiger partial charge in [0.1, 0.15) is 0 Å². The van der Waals surface area contributed by atoms with Gasteiger partial charge in [0.25, 0.3) is 12.0 Å². The fourth-order valence-corrected chi connectivity index (χ4v) is 1.54. The number of rotatable bonds is 8. The minimum Gasteiger partial charge on any atom is -0.454 e. The smallest absolute Gasteiger partial charge is 0.429 e. The maximum atomic E-state index is 13.8. The van der Waals surface area contributed by atoms with Crippen LogP contribution in [0.2, 0.25) is 0 Å². The van der Waals surface area contributed by atoms with Crippen molar-refractivity contribution in [1.82, 2.24) is 0 Å². The predicted octanol–water partition coefficient (Wildman–Crippen LogP) is 3.09. The molecule has 12 heteroatoms. The van der Waals surface area contributed by atoms with Crippen LogP contribution >= 0.6 is 0 Å². The standard InChI is InChI=1S/C14H19F7O5/c1-5-11(3,4)10(23)25-6-8(22)26-7(2)13(17,18)12(24,9(15)16)14(19,20)21/h7,9,24H,5-6H2,1-4H3. The third-order valence-corrected chi connectivity index (χ3v) is 3.83. The molecule has 0 aliphatic carbocycles. The summed E-state index contributed by atoms with van der Waals surface area (Å²) in [7, 11) is 0. The van der Waals surface area contributed by atoms with Crippen LogP contribution in [0, 0.1) is 5.41 Å². The first-order chi connectivity index (χ1) is 11.4. The molecule has 0 aromatic rings. The van der Waals surface area contributed by atoms with Gasteiger partial charge in [0.05, 0.1) is 5.41 Å². The average molecular weight is 400 g/mol. The van der Waals surface area contributed by atoms with E-state index in [-0.39, 0.29) is 6.92 Å². The van der Waals surface area contributed by atoms with Gasteiger partial charge in [-0.1, -0.05) is 6.92 Å². The van der Waals surface area contributed by atoms with E-state index in [9.17, 15) is 40.3 Å².